The monoisotopic (exact) mass is 281 g/mol. The normalized spacial score (nSPS) is 15.5. The minimum Gasteiger partial charge on any atom is -0.481 e. The Kier molecular flexibility index (Phi) is 3.80. The van der Waals surface area contributed by atoms with Crippen molar-refractivity contribution in [3.05, 3.63) is 23.8 Å². The van der Waals surface area contributed by atoms with Crippen molar-refractivity contribution >= 4 is 11.9 Å². The van der Waals surface area contributed by atoms with Crippen LogP contribution in [0.25, 0.3) is 0 Å². The first kappa shape index (κ1) is 14.1. The van der Waals surface area contributed by atoms with Crippen molar-refractivity contribution in [3.8, 4) is 11.5 Å². The Morgan fingerprint density at radius 1 is 1.35 bits per heavy atom. The highest BCUT2D eigenvalue weighted by atomic mass is 16.7. The number of benzene rings is 1. The molecule has 0 bridgehead atoms. The number of aliphatic carboxylic acids is 1. The molecule has 1 unspecified atom stereocenters. The van der Waals surface area contributed by atoms with Gasteiger partial charge in [0, 0.05) is 12.1 Å². The predicted octanol–water partition coefficient (Wildman–Crippen LogP) is 0.371. The van der Waals surface area contributed by atoms with E-state index in [0.29, 0.717) is 17.1 Å². The highest BCUT2D eigenvalue weighted by molar-refractivity contribution is 5.95. The molecule has 0 aliphatic carbocycles. The summed E-state index contributed by atoms with van der Waals surface area (Å²) in [5.41, 5.74) is -1.15. The molecule has 0 saturated heterocycles. The van der Waals surface area contributed by atoms with Gasteiger partial charge in [-0.2, -0.15) is 0 Å². The van der Waals surface area contributed by atoms with Gasteiger partial charge in [-0.1, -0.05) is 0 Å². The van der Waals surface area contributed by atoms with E-state index in [9.17, 15) is 14.7 Å². The van der Waals surface area contributed by atoms with Gasteiger partial charge < -0.3 is 25.0 Å². The smallest absolute Gasteiger partial charge is 0.306 e. The van der Waals surface area contributed by atoms with Gasteiger partial charge in [0.15, 0.2) is 11.5 Å². The van der Waals surface area contributed by atoms with Crippen molar-refractivity contribution in [2.75, 3.05) is 13.3 Å². The fraction of sp³-hybridized carbons (Fsp3) is 0.385. The fourth-order valence-electron chi connectivity index (χ4n) is 1.80. The molecular formula is C13H15NO6. The van der Waals surface area contributed by atoms with E-state index in [4.69, 9.17) is 14.6 Å². The number of aliphatic hydroxyl groups is 1. The summed E-state index contributed by atoms with van der Waals surface area (Å²) in [4.78, 5) is 22.5. The summed E-state index contributed by atoms with van der Waals surface area (Å²) in [6.45, 7) is 1.31. The second-order valence-corrected chi connectivity index (χ2v) is 4.82. The van der Waals surface area contributed by atoms with Crippen molar-refractivity contribution in [3.63, 3.8) is 0 Å². The SMILES string of the molecule is CC(O)(CNC(=O)c1ccc2c(c1)OCO2)CC(=O)O. The number of hydrogen-bond donors (Lipinski definition) is 3. The molecule has 2 rings (SSSR count). The van der Waals surface area contributed by atoms with Crippen LogP contribution >= 0.6 is 0 Å². The Hall–Kier alpha value is -2.28. The van der Waals surface area contributed by atoms with E-state index in [1.165, 1.54) is 13.0 Å². The standard InChI is InChI=1S/C13H15NO6/c1-13(18,5-11(15)16)6-14-12(17)8-2-3-9-10(4-8)20-7-19-9/h2-4,18H,5-7H2,1H3,(H,14,17)(H,15,16). The average molecular weight is 281 g/mol. The third-order valence-electron chi connectivity index (χ3n) is 2.80. The lowest BCUT2D eigenvalue weighted by Crippen LogP contribution is -2.42. The summed E-state index contributed by atoms with van der Waals surface area (Å²) < 4.78 is 10.3. The van der Waals surface area contributed by atoms with E-state index < -0.39 is 23.9 Å². The average Bonchev–Trinajstić information content (AvgIpc) is 2.81. The van der Waals surface area contributed by atoms with Gasteiger partial charge in [-0.05, 0) is 25.1 Å². The Morgan fingerprint density at radius 2 is 2.05 bits per heavy atom. The quantitative estimate of drug-likeness (QED) is 0.720. The van der Waals surface area contributed by atoms with E-state index in [0.717, 1.165) is 0 Å². The van der Waals surface area contributed by atoms with Gasteiger partial charge in [0.05, 0.1) is 12.0 Å². The number of carboxylic acid groups (broad SMARTS) is 1. The second kappa shape index (κ2) is 5.38. The number of carbonyl (C=O) groups excluding carboxylic acids is 1. The molecule has 1 aromatic rings. The van der Waals surface area contributed by atoms with Crippen LogP contribution in [0.3, 0.4) is 0 Å². The fourth-order valence-corrected chi connectivity index (χ4v) is 1.80. The molecule has 1 amide bonds. The van der Waals surface area contributed by atoms with Gasteiger partial charge in [0.2, 0.25) is 6.79 Å². The van der Waals surface area contributed by atoms with Crippen molar-refractivity contribution in [1.82, 2.24) is 5.32 Å². The van der Waals surface area contributed by atoms with Crippen LogP contribution in [0.15, 0.2) is 18.2 Å². The first-order valence-corrected chi connectivity index (χ1v) is 5.99. The molecule has 0 radical (unpaired) electrons. The second-order valence-electron chi connectivity index (χ2n) is 4.82. The zero-order valence-corrected chi connectivity index (χ0v) is 10.9. The van der Waals surface area contributed by atoms with Crippen LogP contribution in [0.5, 0.6) is 11.5 Å². The molecule has 0 spiro atoms. The summed E-state index contributed by atoms with van der Waals surface area (Å²) in [7, 11) is 0. The maximum Gasteiger partial charge on any atom is 0.306 e. The van der Waals surface area contributed by atoms with E-state index in [-0.39, 0.29) is 13.3 Å². The van der Waals surface area contributed by atoms with Crippen molar-refractivity contribution in [2.24, 2.45) is 0 Å². The molecule has 108 valence electrons. The summed E-state index contributed by atoms with van der Waals surface area (Å²) >= 11 is 0. The summed E-state index contributed by atoms with van der Waals surface area (Å²) in [5, 5.41) is 20.9. The number of ether oxygens (including phenoxy) is 2. The highest BCUT2D eigenvalue weighted by Gasteiger charge is 2.25. The van der Waals surface area contributed by atoms with Crippen LogP contribution < -0.4 is 14.8 Å². The van der Waals surface area contributed by atoms with Gasteiger partial charge in [0.1, 0.15) is 0 Å². The Bertz CT molecular complexity index is 540. The van der Waals surface area contributed by atoms with Gasteiger partial charge in [-0.25, -0.2) is 0 Å². The van der Waals surface area contributed by atoms with Gasteiger partial charge in [0.25, 0.3) is 5.91 Å². The molecule has 0 fully saturated rings. The lowest BCUT2D eigenvalue weighted by molar-refractivity contribution is -0.141. The molecule has 7 nitrogen and oxygen atoms in total. The van der Waals surface area contributed by atoms with E-state index in [2.05, 4.69) is 5.32 Å². The number of hydrogen-bond acceptors (Lipinski definition) is 5. The number of amides is 1. The van der Waals surface area contributed by atoms with Crippen LogP contribution in [0.2, 0.25) is 0 Å². The third-order valence-corrected chi connectivity index (χ3v) is 2.80. The Labute approximate surface area is 115 Å². The van der Waals surface area contributed by atoms with Crippen molar-refractivity contribution in [2.45, 2.75) is 18.9 Å². The summed E-state index contributed by atoms with van der Waals surface area (Å²) in [5.74, 6) is -0.504. The number of fused-ring (bicyclic) bond motifs is 1. The molecule has 7 heteroatoms. The van der Waals surface area contributed by atoms with Gasteiger partial charge in [-0.3, -0.25) is 9.59 Å². The zero-order valence-electron chi connectivity index (χ0n) is 10.9. The van der Waals surface area contributed by atoms with Crippen LogP contribution in [-0.4, -0.2) is 41.0 Å². The highest BCUT2D eigenvalue weighted by Crippen LogP contribution is 2.32. The first-order chi connectivity index (χ1) is 9.37. The summed E-state index contributed by atoms with van der Waals surface area (Å²) in [6, 6.07) is 4.71. The molecule has 3 N–H and O–H groups in total. The zero-order chi connectivity index (χ0) is 14.8. The Balaban J connectivity index is 1.97. The van der Waals surface area contributed by atoms with Crippen molar-refractivity contribution < 1.29 is 29.3 Å². The number of rotatable bonds is 5. The molecule has 1 atom stereocenters. The molecule has 1 aliphatic heterocycles. The van der Waals surface area contributed by atoms with Crippen LogP contribution in [0.4, 0.5) is 0 Å². The maximum atomic E-state index is 11.9. The van der Waals surface area contributed by atoms with Gasteiger partial charge >= 0.3 is 5.97 Å². The molecule has 20 heavy (non-hydrogen) atoms. The topological polar surface area (TPSA) is 105 Å². The van der Waals surface area contributed by atoms with E-state index in [1.54, 1.807) is 12.1 Å². The minimum atomic E-state index is -1.50. The largest absolute Gasteiger partial charge is 0.481 e. The lowest BCUT2D eigenvalue weighted by Gasteiger charge is -2.21. The van der Waals surface area contributed by atoms with Crippen LogP contribution in [-0.2, 0) is 4.79 Å². The molecule has 1 aromatic carbocycles. The molecule has 0 aromatic heterocycles. The minimum absolute atomic E-state index is 0.119. The van der Waals surface area contributed by atoms with Gasteiger partial charge in [-0.15, -0.1) is 0 Å². The summed E-state index contributed by atoms with van der Waals surface area (Å²) in [6.07, 6.45) is -0.450. The van der Waals surface area contributed by atoms with E-state index >= 15 is 0 Å². The predicted molar refractivity (Wildman–Crippen MR) is 67.8 cm³/mol. The third kappa shape index (κ3) is 3.39. The van der Waals surface area contributed by atoms with E-state index in [1.807, 2.05) is 0 Å². The molecule has 0 saturated carbocycles. The van der Waals surface area contributed by atoms with Crippen molar-refractivity contribution in [1.29, 1.82) is 0 Å². The number of carbonyl (C=O) groups is 2. The molecular weight excluding hydrogens is 266 g/mol. The van der Waals surface area contributed by atoms with Crippen LogP contribution in [0.1, 0.15) is 23.7 Å². The molecule has 1 heterocycles. The first-order valence-electron chi connectivity index (χ1n) is 5.99. The lowest BCUT2D eigenvalue weighted by atomic mass is 10.0. The maximum absolute atomic E-state index is 11.9. The Morgan fingerprint density at radius 3 is 2.75 bits per heavy atom. The van der Waals surface area contributed by atoms with Crippen LogP contribution in [0, 0.1) is 0 Å². The molecule has 1 aliphatic rings. The number of carboxylic acids is 1. The number of nitrogens with one attached hydrogen (secondary N) is 1.